The van der Waals surface area contributed by atoms with E-state index in [1.165, 1.54) is 38.5 Å². The second-order valence-corrected chi connectivity index (χ2v) is 6.67. The minimum Gasteiger partial charge on any atom is -0.480 e. The van der Waals surface area contributed by atoms with Gasteiger partial charge in [0.15, 0.2) is 0 Å². The van der Waals surface area contributed by atoms with Crippen molar-refractivity contribution in [3.63, 3.8) is 0 Å². The Hall–Kier alpha value is -0.610. The van der Waals surface area contributed by atoms with Crippen molar-refractivity contribution < 1.29 is 9.90 Å². The van der Waals surface area contributed by atoms with Gasteiger partial charge in [-0.15, -0.1) is 0 Å². The zero-order valence-corrected chi connectivity index (χ0v) is 11.9. The van der Waals surface area contributed by atoms with Crippen molar-refractivity contribution in [2.24, 2.45) is 0 Å². The van der Waals surface area contributed by atoms with E-state index in [2.05, 4.69) is 16.7 Å². The molecule has 1 aliphatic heterocycles. The van der Waals surface area contributed by atoms with Crippen LogP contribution in [0.4, 0.5) is 0 Å². The lowest BCUT2D eigenvalue weighted by atomic mass is 10.1. The maximum Gasteiger partial charge on any atom is 0.317 e. The van der Waals surface area contributed by atoms with Gasteiger partial charge in [-0.1, -0.05) is 12.8 Å². The van der Waals surface area contributed by atoms with Gasteiger partial charge in [0.25, 0.3) is 0 Å². The first-order valence-corrected chi connectivity index (χ1v) is 7.88. The topological polar surface area (TPSA) is 43.8 Å². The molecule has 0 aromatic carbocycles. The fourth-order valence-electron chi connectivity index (χ4n) is 4.13. The van der Waals surface area contributed by atoms with Crippen molar-refractivity contribution in [2.75, 3.05) is 13.1 Å². The molecule has 3 fully saturated rings. The van der Waals surface area contributed by atoms with Gasteiger partial charge in [0.2, 0.25) is 0 Å². The van der Waals surface area contributed by atoms with Crippen molar-refractivity contribution >= 4 is 5.97 Å². The van der Waals surface area contributed by atoms with Crippen molar-refractivity contribution in [3.05, 3.63) is 0 Å². The summed E-state index contributed by atoms with van der Waals surface area (Å²) in [5.74, 6) is -0.663. The molecular formula is C15H26N2O2. The SMILES string of the molecule is CC1CC(N(CC(=O)O)C2CCCC2)CN1C1CC1. The van der Waals surface area contributed by atoms with E-state index in [-0.39, 0.29) is 6.54 Å². The molecule has 0 aromatic rings. The van der Waals surface area contributed by atoms with Crippen LogP contribution in [0.5, 0.6) is 0 Å². The Kier molecular flexibility index (Phi) is 3.81. The molecule has 0 aromatic heterocycles. The number of carboxylic acids is 1. The minimum absolute atomic E-state index is 0.237. The summed E-state index contributed by atoms with van der Waals surface area (Å²) in [5.41, 5.74) is 0. The van der Waals surface area contributed by atoms with Gasteiger partial charge < -0.3 is 5.11 Å². The normalized spacial score (nSPS) is 33.4. The monoisotopic (exact) mass is 266 g/mol. The van der Waals surface area contributed by atoms with Crippen LogP contribution in [0.15, 0.2) is 0 Å². The predicted octanol–water partition coefficient (Wildman–Crippen LogP) is 1.94. The Morgan fingerprint density at radius 1 is 1.21 bits per heavy atom. The third kappa shape index (κ3) is 2.95. The molecule has 108 valence electrons. The molecule has 4 heteroatoms. The number of carboxylic acid groups (broad SMARTS) is 1. The molecule has 2 saturated carbocycles. The second kappa shape index (κ2) is 5.41. The molecule has 3 rings (SSSR count). The molecule has 2 unspecified atom stereocenters. The van der Waals surface area contributed by atoms with Gasteiger partial charge in [-0.2, -0.15) is 0 Å². The average molecular weight is 266 g/mol. The zero-order chi connectivity index (χ0) is 13.4. The van der Waals surface area contributed by atoms with Crippen LogP contribution in [0.1, 0.15) is 51.9 Å². The van der Waals surface area contributed by atoms with Crippen LogP contribution in [0.2, 0.25) is 0 Å². The highest BCUT2D eigenvalue weighted by atomic mass is 16.4. The first-order valence-electron chi connectivity index (χ1n) is 7.88. The van der Waals surface area contributed by atoms with E-state index in [1.807, 2.05) is 0 Å². The van der Waals surface area contributed by atoms with Crippen molar-refractivity contribution in [2.45, 2.75) is 76.0 Å². The quantitative estimate of drug-likeness (QED) is 0.826. The second-order valence-electron chi connectivity index (χ2n) is 6.67. The van der Waals surface area contributed by atoms with Crippen LogP contribution in [-0.4, -0.2) is 58.1 Å². The number of rotatable bonds is 5. The van der Waals surface area contributed by atoms with E-state index in [0.717, 1.165) is 19.0 Å². The molecule has 1 heterocycles. The lowest BCUT2D eigenvalue weighted by Gasteiger charge is -2.33. The van der Waals surface area contributed by atoms with Gasteiger partial charge in [0.05, 0.1) is 6.54 Å². The van der Waals surface area contributed by atoms with Gasteiger partial charge in [0.1, 0.15) is 0 Å². The van der Waals surface area contributed by atoms with Gasteiger partial charge in [0, 0.05) is 30.7 Å². The molecule has 3 aliphatic rings. The summed E-state index contributed by atoms with van der Waals surface area (Å²) >= 11 is 0. The highest BCUT2D eigenvalue weighted by Crippen LogP contribution is 2.36. The number of nitrogens with zero attached hydrogens (tertiary/aromatic N) is 2. The van der Waals surface area contributed by atoms with Crippen LogP contribution in [0.25, 0.3) is 0 Å². The lowest BCUT2D eigenvalue weighted by Crippen LogP contribution is -2.46. The molecule has 0 amide bonds. The summed E-state index contributed by atoms with van der Waals surface area (Å²) in [6.45, 7) is 3.64. The number of hydrogen-bond donors (Lipinski definition) is 1. The van der Waals surface area contributed by atoms with Crippen molar-refractivity contribution in [1.82, 2.24) is 9.80 Å². The Labute approximate surface area is 115 Å². The summed E-state index contributed by atoms with van der Waals surface area (Å²) in [4.78, 5) is 16.1. The summed E-state index contributed by atoms with van der Waals surface area (Å²) < 4.78 is 0. The third-order valence-electron chi connectivity index (χ3n) is 5.20. The molecule has 0 radical (unpaired) electrons. The highest BCUT2D eigenvalue weighted by Gasteiger charge is 2.42. The summed E-state index contributed by atoms with van der Waals surface area (Å²) in [6.07, 6.45) is 8.78. The maximum atomic E-state index is 11.2. The van der Waals surface area contributed by atoms with Gasteiger partial charge in [-0.25, -0.2) is 0 Å². The zero-order valence-electron chi connectivity index (χ0n) is 11.9. The van der Waals surface area contributed by atoms with Gasteiger partial charge in [-0.05, 0) is 39.0 Å². The fourth-order valence-corrected chi connectivity index (χ4v) is 4.13. The third-order valence-corrected chi connectivity index (χ3v) is 5.20. The predicted molar refractivity (Wildman–Crippen MR) is 74.2 cm³/mol. The van der Waals surface area contributed by atoms with E-state index in [4.69, 9.17) is 0 Å². The smallest absolute Gasteiger partial charge is 0.317 e. The Morgan fingerprint density at radius 2 is 1.89 bits per heavy atom. The lowest BCUT2D eigenvalue weighted by molar-refractivity contribution is -0.139. The molecule has 1 N–H and O–H groups in total. The number of carbonyl (C=O) groups is 1. The first kappa shape index (κ1) is 13.4. The number of aliphatic carboxylic acids is 1. The maximum absolute atomic E-state index is 11.2. The molecule has 0 bridgehead atoms. The summed E-state index contributed by atoms with van der Waals surface area (Å²) in [6, 6.07) is 2.42. The van der Waals surface area contributed by atoms with Crippen LogP contribution < -0.4 is 0 Å². The number of likely N-dealkylation sites (tertiary alicyclic amines) is 1. The van der Waals surface area contributed by atoms with Crippen LogP contribution in [0.3, 0.4) is 0 Å². The van der Waals surface area contributed by atoms with Crippen LogP contribution in [-0.2, 0) is 4.79 Å². The largest absolute Gasteiger partial charge is 0.480 e. The van der Waals surface area contributed by atoms with E-state index in [9.17, 15) is 9.90 Å². The summed E-state index contributed by atoms with van der Waals surface area (Å²) in [5, 5.41) is 9.20. The number of hydrogen-bond acceptors (Lipinski definition) is 3. The van der Waals surface area contributed by atoms with E-state index < -0.39 is 5.97 Å². The Bertz CT molecular complexity index is 337. The standard InChI is InChI=1S/C15H26N2O2/c1-11-8-14(9-16(11)13-6-7-13)17(10-15(18)19)12-4-2-3-5-12/h11-14H,2-10H2,1H3,(H,18,19). The molecule has 19 heavy (non-hydrogen) atoms. The van der Waals surface area contributed by atoms with E-state index in [1.54, 1.807) is 0 Å². The van der Waals surface area contributed by atoms with E-state index in [0.29, 0.717) is 18.1 Å². The van der Waals surface area contributed by atoms with Crippen LogP contribution >= 0.6 is 0 Å². The molecule has 2 aliphatic carbocycles. The van der Waals surface area contributed by atoms with Crippen molar-refractivity contribution in [3.8, 4) is 0 Å². The summed E-state index contributed by atoms with van der Waals surface area (Å²) in [7, 11) is 0. The average Bonchev–Trinajstić information content (AvgIpc) is 2.91. The van der Waals surface area contributed by atoms with Gasteiger partial charge >= 0.3 is 5.97 Å². The van der Waals surface area contributed by atoms with E-state index >= 15 is 0 Å². The highest BCUT2D eigenvalue weighted by molar-refractivity contribution is 5.69. The molecular weight excluding hydrogens is 240 g/mol. The van der Waals surface area contributed by atoms with Crippen molar-refractivity contribution in [1.29, 1.82) is 0 Å². The Morgan fingerprint density at radius 3 is 2.47 bits per heavy atom. The molecule has 1 saturated heterocycles. The van der Waals surface area contributed by atoms with Crippen LogP contribution in [0, 0.1) is 0 Å². The molecule has 4 nitrogen and oxygen atoms in total. The Balaban J connectivity index is 1.66. The fraction of sp³-hybridized carbons (Fsp3) is 0.933. The molecule has 2 atom stereocenters. The van der Waals surface area contributed by atoms with Gasteiger partial charge in [-0.3, -0.25) is 14.6 Å². The minimum atomic E-state index is -0.663. The first-order chi connectivity index (χ1) is 9.15. The molecule has 0 spiro atoms.